The standard InChI is InChI=1S/C21H18Cl2N2O4S/c1-13-4-3-5-15(10-13)25-30(27,28)16-7-9-20(29-2)19(12-16)24-21(26)17-8-6-14(22)11-18(17)23/h3-12,25H,1-2H3,(H,24,26). The number of hydrogen-bond donors (Lipinski definition) is 2. The Bertz CT molecular complexity index is 1210. The summed E-state index contributed by atoms with van der Waals surface area (Å²) in [6, 6.07) is 15.6. The summed E-state index contributed by atoms with van der Waals surface area (Å²) in [5.41, 5.74) is 1.72. The predicted octanol–water partition coefficient (Wildman–Crippen LogP) is 5.36. The third kappa shape index (κ3) is 5.05. The highest BCUT2D eigenvalue weighted by Gasteiger charge is 2.19. The fourth-order valence-corrected chi connectivity index (χ4v) is 4.31. The molecule has 3 aromatic carbocycles. The van der Waals surface area contributed by atoms with Crippen molar-refractivity contribution in [3.05, 3.63) is 81.8 Å². The Labute approximate surface area is 184 Å². The molecule has 0 aliphatic rings. The highest BCUT2D eigenvalue weighted by atomic mass is 35.5. The zero-order valence-corrected chi connectivity index (χ0v) is 18.4. The van der Waals surface area contributed by atoms with Crippen molar-refractivity contribution in [3.8, 4) is 5.75 Å². The molecule has 0 unspecified atom stereocenters. The Morgan fingerprint density at radius 3 is 2.43 bits per heavy atom. The largest absolute Gasteiger partial charge is 0.495 e. The number of halogens is 2. The number of rotatable bonds is 6. The van der Waals surface area contributed by atoms with Crippen LogP contribution >= 0.6 is 23.2 Å². The molecular formula is C21H18Cl2N2O4S. The molecule has 0 aliphatic heterocycles. The van der Waals surface area contributed by atoms with Crippen molar-refractivity contribution >= 4 is 50.5 Å². The lowest BCUT2D eigenvalue weighted by Crippen LogP contribution is -2.16. The Morgan fingerprint density at radius 2 is 1.77 bits per heavy atom. The van der Waals surface area contributed by atoms with Crippen molar-refractivity contribution in [2.24, 2.45) is 0 Å². The number of amides is 1. The van der Waals surface area contributed by atoms with Crippen LogP contribution in [0.4, 0.5) is 11.4 Å². The van der Waals surface area contributed by atoms with Gasteiger partial charge in [-0.15, -0.1) is 0 Å². The molecule has 2 N–H and O–H groups in total. The van der Waals surface area contributed by atoms with E-state index < -0.39 is 15.9 Å². The minimum absolute atomic E-state index is 0.0395. The van der Waals surface area contributed by atoms with Crippen molar-refractivity contribution < 1.29 is 17.9 Å². The Morgan fingerprint density at radius 1 is 1.00 bits per heavy atom. The van der Waals surface area contributed by atoms with Crippen LogP contribution < -0.4 is 14.8 Å². The molecule has 0 aromatic heterocycles. The molecule has 30 heavy (non-hydrogen) atoms. The van der Waals surface area contributed by atoms with Crippen LogP contribution in [-0.4, -0.2) is 21.4 Å². The first-order valence-corrected chi connectivity index (χ1v) is 11.0. The minimum atomic E-state index is -3.89. The number of carbonyl (C=O) groups excluding carboxylic acids is 1. The molecule has 0 bridgehead atoms. The van der Waals surface area contributed by atoms with Crippen molar-refractivity contribution in [2.45, 2.75) is 11.8 Å². The highest BCUT2D eigenvalue weighted by Crippen LogP contribution is 2.30. The molecule has 0 radical (unpaired) electrons. The van der Waals surface area contributed by atoms with Crippen LogP contribution in [0.1, 0.15) is 15.9 Å². The maximum Gasteiger partial charge on any atom is 0.261 e. The predicted molar refractivity (Wildman–Crippen MR) is 119 cm³/mol. The molecule has 0 fully saturated rings. The van der Waals surface area contributed by atoms with Crippen molar-refractivity contribution in [2.75, 3.05) is 17.1 Å². The van der Waals surface area contributed by atoms with E-state index >= 15 is 0 Å². The van der Waals surface area contributed by atoms with E-state index in [9.17, 15) is 13.2 Å². The molecule has 0 atom stereocenters. The molecule has 156 valence electrons. The average Bonchev–Trinajstić information content (AvgIpc) is 2.67. The van der Waals surface area contributed by atoms with Crippen LogP contribution in [0.3, 0.4) is 0 Å². The molecule has 0 saturated heterocycles. The van der Waals surface area contributed by atoms with Crippen molar-refractivity contribution in [1.29, 1.82) is 0 Å². The van der Waals surface area contributed by atoms with Gasteiger partial charge >= 0.3 is 0 Å². The van der Waals surface area contributed by atoms with Gasteiger partial charge < -0.3 is 10.1 Å². The van der Waals surface area contributed by atoms with Crippen LogP contribution in [0, 0.1) is 6.92 Å². The Hall–Kier alpha value is -2.74. The summed E-state index contributed by atoms with van der Waals surface area (Å²) in [6.07, 6.45) is 0. The summed E-state index contributed by atoms with van der Waals surface area (Å²) in [7, 11) is -2.48. The van der Waals surface area contributed by atoms with Gasteiger partial charge in [0, 0.05) is 10.7 Å². The zero-order chi connectivity index (χ0) is 21.9. The van der Waals surface area contributed by atoms with E-state index in [1.54, 1.807) is 18.2 Å². The number of sulfonamides is 1. The molecule has 1 amide bonds. The fourth-order valence-electron chi connectivity index (χ4n) is 2.74. The third-order valence-corrected chi connectivity index (χ3v) is 6.10. The van der Waals surface area contributed by atoms with Gasteiger partial charge in [0.15, 0.2) is 0 Å². The maximum absolute atomic E-state index is 12.8. The van der Waals surface area contributed by atoms with Crippen LogP contribution in [0.5, 0.6) is 5.75 Å². The lowest BCUT2D eigenvalue weighted by atomic mass is 10.2. The summed E-state index contributed by atoms with van der Waals surface area (Å²) in [5, 5.41) is 3.20. The monoisotopic (exact) mass is 464 g/mol. The second-order valence-electron chi connectivity index (χ2n) is 6.42. The molecule has 0 aliphatic carbocycles. The third-order valence-electron chi connectivity index (χ3n) is 4.18. The first-order chi connectivity index (χ1) is 14.2. The van der Waals surface area contributed by atoms with Gasteiger partial charge in [0.2, 0.25) is 0 Å². The highest BCUT2D eigenvalue weighted by molar-refractivity contribution is 7.92. The van der Waals surface area contributed by atoms with Crippen LogP contribution in [0.2, 0.25) is 10.0 Å². The van der Waals surface area contributed by atoms with Gasteiger partial charge in [-0.3, -0.25) is 9.52 Å². The van der Waals surface area contributed by atoms with Crippen molar-refractivity contribution in [1.82, 2.24) is 0 Å². The van der Waals surface area contributed by atoms with E-state index in [4.69, 9.17) is 27.9 Å². The van der Waals surface area contributed by atoms with Gasteiger partial charge in [0.05, 0.1) is 28.3 Å². The zero-order valence-electron chi connectivity index (χ0n) is 16.1. The first kappa shape index (κ1) is 22.0. The Kier molecular flexibility index (Phi) is 6.55. The normalized spacial score (nSPS) is 11.1. The van der Waals surface area contributed by atoms with E-state index in [1.165, 1.54) is 43.5 Å². The van der Waals surface area contributed by atoms with Crippen LogP contribution in [0.15, 0.2) is 65.6 Å². The summed E-state index contributed by atoms with van der Waals surface area (Å²) in [4.78, 5) is 12.6. The number of methoxy groups -OCH3 is 1. The van der Waals surface area contributed by atoms with E-state index in [-0.39, 0.29) is 21.2 Å². The Balaban J connectivity index is 1.92. The van der Waals surface area contributed by atoms with Crippen LogP contribution in [0.25, 0.3) is 0 Å². The SMILES string of the molecule is COc1ccc(S(=O)(=O)Nc2cccc(C)c2)cc1NC(=O)c1ccc(Cl)cc1Cl. The molecule has 6 nitrogen and oxygen atoms in total. The van der Waals surface area contributed by atoms with E-state index in [1.807, 2.05) is 13.0 Å². The van der Waals surface area contributed by atoms with E-state index in [2.05, 4.69) is 10.0 Å². The summed E-state index contributed by atoms with van der Waals surface area (Å²) >= 11 is 12.0. The molecule has 3 rings (SSSR count). The van der Waals surface area contributed by atoms with Gasteiger partial charge in [0.1, 0.15) is 5.75 Å². The second kappa shape index (κ2) is 8.95. The number of ether oxygens (including phenoxy) is 1. The van der Waals surface area contributed by atoms with Crippen LogP contribution in [-0.2, 0) is 10.0 Å². The van der Waals surface area contributed by atoms with Gasteiger partial charge in [-0.05, 0) is 61.0 Å². The van der Waals surface area contributed by atoms with Crippen molar-refractivity contribution in [3.63, 3.8) is 0 Å². The molecule has 9 heteroatoms. The van der Waals surface area contributed by atoms with Gasteiger partial charge in [-0.25, -0.2) is 8.42 Å². The van der Waals surface area contributed by atoms with E-state index in [0.29, 0.717) is 16.5 Å². The molecular weight excluding hydrogens is 447 g/mol. The minimum Gasteiger partial charge on any atom is -0.495 e. The average molecular weight is 465 g/mol. The lowest BCUT2D eigenvalue weighted by molar-refractivity contribution is 0.102. The van der Waals surface area contributed by atoms with E-state index in [0.717, 1.165) is 5.56 Å². The van der Waals surface area contributed by atoms with Gasteiger partial charge in [-0.2, -0.15) is 0 Å². The number of aryl methyl sites for hydroxylation is 1. The summed E-state index contributed by atoms with van der Waals surface area (Å²) in [6.45, 7) is 1.86. The summed E-state index contributed by atoms with van der Waals surface area (Å²) in [5.74, 6) is -0.237. The molecule has 0 spiro atoms. The maximum atomic E-state index is 12.8. The van der Waals surface area contributed by atoms with Gasteiger partial charge in [0.25, 0.3) is 15.9 Å². The number of carbonyl (C=O) groups is 1. The summed E-state index contributed by atoms with van der Waals surface area (Å²) < 4.78 is 33.4. The number of benzene rings is 3. The smallest absolute Gasteiger partial charge is 0.261 e. The quantitative estimate of drug-likeness (QED) is 0.513. The fraction of sp³-hybridized carbons (Fsp3) is 0.0952. The topological polar surface area (TPSA) is 84.5 Å². The molecule has 0 saturated carbocycles. The number of hydrogen-bond acceptors (Lipinski definition) is 4. The first-order valence-electron chi connectivity index (χ1n) is 8.73. The van der Waals surface area contributed by atoms with Gasteiger partial charge in [-0.1, -0.05) is 35.3 Å². The second-order valence-corrected chi connectivity index (χ2v) is 8.94. The molecule has 0 heterocycles. The lowest BCUT2D eigenvalue weighted by Gasteiger charge is -2.14. The molecule has 3 aromatic rings. The number of nitrogens with one attached hydrogen (secondary N) is 2. The number of anilines is 2.